The minimum atomic E-state index is -2.21. The maximum absolute atomic E-state index is 8.83. The van der Waals surface area contributed by atoms with Gasteiger partial charge in [0.1, 0.15) is 5.58 Å². The third kappa shape index (κ3) is 9.59. The smallest absolute Gasteiger partial charge is 0.120 e. The first kappa shape index (κ1) is 44.8. The zero-order valence-electron chi connectivity index (χ0n) is 48.6. The van der Waals surface area contributed by atoms with Gasteiger partial charge in [0.15, 0.2) is 0 Å². The van der Waals surface area contributed by atoms with Gasteiger partial charge >= 0.3 is 0 Å². The van der Waals surface area contributed by atoms with E-state index in [0.717, 1.165) is 72.2 Å². The van der Waals surface area contributed by atoms with Gasteiger partial charge in [-0.15, -0.1) is 53.6 Å². The first-order valence-corrected chi connectivity index (χ1v) is 25.5. The molecule has 5 nitrogen and oxygen atoms in total. The van der Waals surface area contributed by atoms with E-state index in [-0.39, 0.29) is 37.5 Å². The summed E-state index contributed by atoms with van der Waals surface area (Å²) in [6.07, 6.45) is 0. The van der Waals surface area contributed by atoms with Gasteiger partial charge in [0, 0.05) is 43.7 Å². The number of hydrogen-bond acceptors (Lipinski definition) is 3. The molecule has 6 heteroatoms. The van der Waals surface area contributed by atoms with Crippen LogP contribution in [0.4, 0.5) is 0 Å². The molecule has 0 aliphatic carbocycles. The van der Waals surface area contributed by atoms with E-state index in [1.807, 2.05) is 92.9 Å². The molecule has 3 heterocycles. The number of benzene rings is 9. The molecule has 0 aliphatic heterocycles. The predicted molar refractivity (Wildman–Crippen MR) is 310 cm³/mol. The average Bonchev–Trinajstić information content (AvgIpc) is 4.14. The van der Waals surface area contributed by atoms with Gasteiger partial charge < -0.3 is 13.6 Å². The van der Waals surface area contributed by atoms with E-state index in [0.29, 0.717) is 11.4 Å². The zero-order valence-corrected chi connectivity index (χ0v) is 46.0. The van der Waals surface area contributed by atoms with Crippen molar-refractivity contribution in [3.8, 4) is 56.4 Å². The maximum Gasteiger partial charge on any atom is 0.120 e. The van der Waals surface area contributed by atoms with E-state index in [2.05, 4.69) is 154 Å². The van der Waals surface area contributed by atoms with Gasteiger partial charge in [0.2, 0.25) is 0 Å². The summed E-state index contributed by atoms with van der Waals surface area (Å²) in [5.41, 5.74) is 18.0. The summed E-state index contributed by atoms with van der Waals surface area (Å²) >= 11 is 0. The van der Waals surface area contributed by atoms with Gasteiger partial charge in [-0.2, -0.15) is 0 Å². The Balaban J connectivity index is 0.000000188. The number of aromatic nitrogens is 4. The van der Waals surface area contributed by atoms with Gasteiger partial charge in [0.05, 0.1) is 39.3 Å². The minimum Gasteiger partial charge on any atom is -0.501 e. The average molecular weight is 1160 g/mol. The molecule has 75 heavy (non-hydrogen) atoms. The number of nitrogens with zero attached hydrogens (tertiary/aromatic N) is 4. The molecule has 375 valence electrons. The molecule has 0 atom stereocenters. The molecule has 0 amide bonds. The Labute approximate surface area is 462 Å². The Hall–Kier alpha value is -7.63. The number of hydrogen-bond donors (Lipinski definition) is 0. The number of imidazole rings is 2. The number of furan rings is 1. The van der Waals surface area contributed by atoms with Gasteiger partial charge in [-0.3, -0.25) is 9.97 Å². The van der Waals surface area contributed by atoms with Crippen molar-refractivity contribution in [1.82, 2.24) is 19.1 Å². The Morgan fingerprint density at radius 2 is 1.03 bits per heavy atom. The standard InChI is InChI=1S/C43H35N2O.C26H27N2.Ir/c1-27(2)36-25-32(31-23-21-30(22-24-31)29-13-6-5-7-14-29)26-37(28(3)4)41(36)45-39-19-10-9-18-38(39)44-43(45)35-17-12-16-34-33-15-8-11-20-40(33)46-42(34)35;1-17(2)21-9-8-10-22(18(3)4)25(21)28-24-12-7-6-11-23(24)27-26(28)20-15-13-19(5)14-16-20;/h5-16,18-28H,1-4H3;6-15,17-18H,1-5H3;/q2*-1;/i;5D3,17D,18D;. The summed E-state index contributed by atoms with van der Waals surface area (Å²) < 4.78 is 51.5. The van der Waals surface area contributed by atoms with Crippen LogP contribution in [0.5, 0.6) is 0 Å². The fourth-order valence-corrected chi connectivity index (χ4v) is 10.3. The van der Waals surface area contributed by atoms with Crippen molar-refractivity contribution in [2.24, 2.45) is 0 Å². The second-order valence-corrected chi connectivity index (χ2v) is 20.2. The minimum absolute atomic E-state index is 0. The van der Waals surface area contributed by atoms with Crippen LogP contribution in [0, 0.1) is 19.0 Å². The monoisotopic (exact) mass is 1160 g/mol. The topological polar surface area (TPSA) is 48.8 Å². The van der Waals surface area contributed by atoms with Crippen molar-refractivity contribution in [2.75, 3.05) is 0 Å². The molecular weight excluding hydrogens is 1090 g/mol. The zero-order chi connectivity index (χ0) is 55.5. The first-order valence-electron chi connectivity index (χ1n) is 28.0. The summed E-state index contributed by atoms with van der Waals surface area (Å²) in [5, 5.41) is 2.18. The predicted octanol–water partition coefficient (Wildman–Crippen LogP) is 19.0. The van der Waals surface area contributed by atoms with Gasteiger partial charge in [0.25, 0.3) is 0 Å². The van der Waals surface area contributed by atoms with E-state index >= 15 is 0 Å². The molecule has 1 radical (unpaired) electrons. The molecular formula is C69H62IrN4O-2. The number of fused-ring (bicyclic) bond motifs is 5. The van der Waals surface area contributed by atoms with Crippen LogP contribution in [0.25, 0.3) is 100 Å². The van der Waals surface area contributed by atoms with Crippen LogP contribution in [0.1, 0.15) is 114 Å². The largest absolute Gasteiger partial charge is 0.501 e. The number of rotatable bonds is 10. The molecule has 3 aromatic heterocycles. The second kappa shape index (κ2) is 21.3. The summed E-state index contributed by atoms with van der Waals surface area (Å²) in [6.45, 7) is 14.3. The summed E-state index contributed by atoms with van der Waals surface area (Å²) in [6, 6.07) is 70.0. The molecule has 0 aliphatic rings. The van der Waals surface area contributed by atoms with E-state index in [1.54, 1.807) is 12.1 Å². The van der Waals surface area contributed by atoms with Crippen molar-refractivity contribution in [1.29, 1.82) is 0 Å². The first-order chi connectivity index (χ1) is 37.8. The summed E-state index contributed by atoms with van der Waals surface area (Å²) in [5.74, 6) is 0.138. The second-order valence-electron chi connectivity index (χ2n) is 20.2. The Bertz CT molecular complexity index is 4140. The molecule has 9 aromatic carbocycles. The molecule has 0 saturated carbocycles. The SMILES string of the molecule is CC(C)c1cc(-c2ccc(-c3ccccc3)cc2)cc(C(C)C)c1-n1c(-c2[c-]ccc3c2oc2ccccc23)nc2ccccc21.[2H]C([2H])([2H])c1c[c-]c(-c2nc3ccccc3n2-c2c(C([2H])(C)C)cccc2C([2H])(C)C)cc1.[Ir]. The number of para-hydroxylation sites is 6. The quantitative estimate of drug-likeness (QED) is 0.128. The Kier molecular flexibility index (Phi) is 12.7. The molecule has 0 spiro atoms. The van der Waals surface area contributed by atoms with Crippen LogP contribution >= 0.6 is 0 Å². The van der Waals surface area contributed by atoms with E-state index in [4.69, 9.17) is 21.2 Å². The van der Waals surface area contributed by atoms with Gasteiger partial charge in [-0.1, -0.05) is 188 Å². The van der Waals surface area contributed by atoms with Crippen LogP contribution in [-0.2, 0) is 20.1 Å². The molecule has 0 saturated heterocycles. The fourth-order valence-electron chi connectivity index (χ4n) is 10.3. The van der Waals surface area contributed by atoms with Gasteiger partial charge in [-0.05, 0) is 111 Å². The van der Waals surface area contributed by atoms with E-state index in [9.17, 15) is 0 Å². The van der Waals surface area contributed by atoms with E-state index < -0.39 is 18.6 Å². The fraction of sp³-hybridized carbons (Fsp3) is 0.188. The van der Waals surface area contributed by atoms with Crippen molar-refractivity contribution < 1.29 is 31.4 Å². The molecule has 0 bridgehead atoms. The van der Waals surface area contributed by atoms with Crippen LogP contribution in [-0.4, -0.2) is 19.1 Å². The maximum atomic E-state index is 8.83. The normalized spacial score (nSPS) is 13.1. The molecule has 0 unspecified atom stereocenters. The Morgan fingerprint density at radius 1 is 0.493 bits per heavy atom. The molecule has 12 aromatic rings. The molecule has 12 rings (SSSR count). The van der Waals surface area contributed by atoms with Crippen LogP contribution in [0.15, 0.2) is 192 Å². The van der Waals surface area contributed by atoms with Crippen LogP contribution < -0.4 is 0 Å². The van der Waals surface area contributed by atoms with Crippen LogP contribution in [0.3, 0.4) is 0 Å². The van der Waals surface area contributed by atoms with Crippen molar-refractivity contribution >= 4 is 44.0 Å². The van der Waals surface area contributed by atoms with E-state index in [1.165, 1.54) is 45.1 Å². The van der Waals surface area contributed by atoms with Gasteiger partial charge in [-0.25, -0.2) is 0 Å². The molecule has 0 fully saturated rings. The third-order valence-corrected chi connectivity index (χ3v) is 14.0. The van der Waals surface area contributed by atoms with Crippen molar-refractivity contribution in [3.05, 3.63) is 228 Å². The molecule has 0 N–H and O–H groups in total. The van der Waals surface area contributed by atoms with Crippen LogP contribution in [0.2, 0.25) is 0 Å². The Morgan fingerprint density at radius 3 is 1.61 bits per heavy atom. The number of aryl methyl sites for hydroxylation is 1. The third-order valence-electron chi connectivity index (χ3n) is 14.0. The van der Waals surface area contributed by atoms with Crippen molar-refractivity contribution in [2.45, 2.75) is 85.9 Å². The summed E-state index contributed by atoms with van der Waals surface area (Å²) in [4.78, 5) is 10.1. The van der Waals surface area contributed by atoms with Crippen molar-refractivity contribution in [3.63, 3.8) is 0 Å². The summed E-state index contributed by atoms with van der Waals surface area (Å²) in [7, 11) is 0.